The summed E-state index contributed by atoms with van der Waals surface area (Å²) in [6.45, 7) is 20.5. The van der Waals surface area contributed by atoms with E-state index in [1.807, 2.05) is 113 Å². The van der Waals surface area contributed by atoms with E-state index in [9.17, 15) is 49.2 Å². The second-order valence-corrected chi connectivity index (χ2v) is 29.5. The predicted molar refractivity (Wildman–Crippen MR) is 324 cm³/mol. The van der Waals surface area contributed by atoms with Gasteiger partial charge in [0.2, 0.25) is 0 Å². The van der Waals surface area contributed by atoms with E-state index in [4.69, 9.17) is 25.6 Å². The Balaban J connectivity index is 1.10. The fourth-order valence-electron chi connectivity index (χ4n) is 11.2. The normalized spacial score (nSPS) is 17.3. The van der Waals surface area contributed by atoms with E-state index in [0.717, 1.165) is 53.4 Å². The maximum atomic E-state index is 14.5. The predicted octanol–water partition coefficient (Wildman–Crippen LogP) is 12.3. The highest BCUT2D eigenvalue weighted by atomic mass is 35.5. The highest BCUT2D eigenvalue weighted by molar-refractivity contribution is 7.99. The number of rotatable bonds is 24. The highest BCUT2D eigenvalue weighted by Gasteiger charge is 2.59. The molecule has 3 atom stereocenters. The fraction of sp³-hybridized carbons (Fsp3) is 0.483. The van der Waals surface area contributed by atoms with Crippen LogP contribution in [0.25, 0.3) is 11.1 Å². The fourth-order valence-corrected chi connectivity index (χ4v) is 15.3. The van der Waals surface area contributed by atoms with Gasteiger partial charge in [0, 0.05) is 82.6 Å². The molecule has 24 heteroatoms. The lowest BCUT2D eigenvalue weighted by molar-refractivity contribution is -0.328. The minimum Gasteiger partial charge on any atom is -0.380 e. The van der Waals surface area contributed by atoms with Gasteiger partial charge in [-0.25, -0.2) is 26.1 Å². The van der Waals surface area contributed by atoms with E-state index < -0.39 is 83.3 Å². The van der Waals surface area contributed by atoms with Gasteiger partial charge in [-0.05, 0) is 122 Å². The molecule has 5 aromatic carbocycles. The molecule has 0 bridgehead atoms. The molecule has 2 aliphatic rings. The van der Waals surface area contributed by atoms with Crippen molar-refractivity contribution in [2.24, 2.45) is 16.7 Å². The first kappa shape index (κ1) is 67.0. The molecule has 0 aliphatic carbocycles. The van der Waals surface area contributed by atoms with Crippen LogP contribution >= 0.6 is 31.2 Å². The summed E-state index contributed by atoms with van der Waals surface area (Å²) in [5.41, 5.74) is -5.16. The van der Waals surface area contributed by atoms with Crippen LogP contribution < -0.4 is 14.9 Å². The van der Waals surface area contributed by atoms with E-state index >= 15 is 0 Å². The van der Waals surface area contributed by atoms with E-state index in [1.54, 1.807) is 24.3 Å². The summed E-state index contributed by atoms with van der Waals surface area (Å²) in [6, 6.07) is 32.3. The number of anilines is 2. The molecule has 2 aliphatic heterocycles. The maximum Gasteiger partial charge on any atom is 0.501 e. The Kier molecular flexibility index (Phi) is 22.0. The topological polar surface area (TPSA) is 204 Å². The lowest BCUT2D eigenvalue weighted by Gasteiger charge is -2.54. The van der Waals surface area contributed by atoms with Crippen molar-refractivity contribution in [3.8, 4) is 11.1 Å². The molecular weight excluding hydrogens is 1190 g/mol. The third-order valence-corrected chi connectivity index (χ3v) is 20.3. The monoisotopic (exact) mass is 1260 g/mol. The first-order chi connectivity index (χ1) is 39.4. The number of likely N-dealkylation sites (N-methyl/N-ethyl adjacent to an activating group) is 1. The molecule has 7 rings (SSSR count). The second-order valence-electron chi connectivity index (χ2n) is 23.2. The van der Waals surface area contributed by atoms with Crippen molar-refractivity contribution in [3.05, 3.63) is 137 Å². The van der Waals surface area contributed by atoms with E-state index in [1.165, 1.54) is 23.9 Å². The summed E-state index contributed by atoms with van der Waals surface area (Å²) in [6.07, 6.45) is 0.691. The molecule has 0 radical (unpaired) electrons. The molecule has 3 unspecified atom stereocenters. The van der Waals surface area contributed by atoms with Gasteiger partial charge in [0.25, 0.3) is 25.8 Å². The summed E-state index contributed by atoms with van der Waals surface area (Å²) in [5.74, 6) is -2.84. The third-order valence-electron chi connectivity index (χ3n) is 15.5. The number of halogens is 4. The van der Waals surface area contributed by atoms with Crippen molar-refractivity contribution in [1.82, 2.24) is 14.5 Å². The van der Waals surface area contributed by atoms with Gasteiger partial charge in [-0.15, -0.1) is 11.8 Å². The Morgan fingerprint density at radius 2 is 1.46 bits per heavy atom. The second kappa shape index (κ2) is 27.7. The molecule has 2 fully saturated rings. The van der Waals surface area contributed by atoms with Crippen LogP contribution in [0.3, 0.4) is 0 Å². The summed E-state index contributed by atoms with van der Waals surface area (Å²) in [7, 11) is -16.3. The number of sulfonamides is 1. The van der Waals surface area contributed by atoms with Crippen molar-refractivity contribution >= 4 is 68.3 Å². The summed E-state index contributed by atoms with van der Waals surface area (Å²) in [4.78, 5) is 39.9. The van der Waals surface area contributed by atoms with Crippen molar-refractivity contribution in [1.29, 1.82) is 0 Å². The van der Waals surface area contributed by atoms with Gasteiger partial charge in [-0.2, -0.15) is 13.2 Å². The standard InChI is InChI=1S/C60H78ClF3N5O11PS3/c1-9-67(10-2)39-48-40-78-37-36-69(48)35-32-46(41-82-49-16-12-11-13-17-49)65-53-29-28-50(38-54(53)83(74,75)60(62,63)64)84(76,77)66-56(70)44-22-26-47(27-23-44)68-33-30-43(31-34-68)55(52-19-15-14-18-51(52)42-20-24-45(61)25-21-42)79-59(57(3,4)5,58(6,7)8)80-81(71,72)73/h11-29,38,43,46,48,55,65H,9-10,30-37,39-41H2,1-8H3,(H,66,70)(H2,71,72,73). The average Bonchev–Trinajstić information content (AvgIpc) is 1.71. The van der Waals surface area contributed by atoms with Crippen molar-refractivity contribution in [2.45, 2.75) is 119 Å². The number of morpholine rings is 1. The number of phosphoric acid groups is 1. The third kappa shape index (κ3) is 16.5. The Morgan fingerprint density at radius 1 is 0.845 bits per heavy atom. The Hall–Kier alpha value is -4.55. The smallest absolute Gasteiger partial charge is 0.380 e. The minimum atomic E-state index is -6.16. The number of carbonyl (C=O) groups is 1. The number of nitrogens with zero attached hydrogens (tertiary/aromatic N) is 3. The molecule has 4 N–H and O–H groups in total. The molecule has 2 saturated heterocycles. The van der Waals surface area contributed by atoms with Crippen LogP contribution in [0.15, 0.2) is 136 Å². The summed E-state index contributed by atoms with van der Waals surface area (Å²) >= 11 is 7.73. The largest absolute Gasteiger partial charge is 0.501 e. The van der Waals surface area contributed by atoms with Crippen molar-refractivity contribution in [2.75, 3.05) is 75.0 Å². The number of phosphoric ester groups is 1. The highest BCUT2D eigenvalue weighted by Crippen LogP contribution is 2.59. The first-order valence-corrected chi connectivity index (χ1v) is 33.9. The molecule has 0 spiro atoms. The number of ether oxygens (including phenoxy) is 2. The van der Waals surface area contributed by atoms with Gasteiger partial charge in [-0.1, -0.05) is 122 Å². The van der Waals surface area contributed by atoms with Crippen molar-refractivity contribution < 1.29 is 63.2 Å². The molecule has 0 aromatic heterocycles. The Bertz CT molecular complexity index is 3270. The molecule has 84 heavy (non-hydrogen) atoms. The van der Waals surface area contributed by atoms with Crippen LogP contribution in [0.4, 0.5) is 24.5 Å². The number of carbonyl (C=O) groups excluding carboxylic acids is 1. The van der Waals surface area contributed by atoms with E-state index in [0.29, 0.717) is 81.2 Å². The molecule has 5 aromatic rings. The van der Waals surface area contributed by atoms with Crippen molar-refractivity contribution in [3.63, 3.8) is 0 Å². The number of amides is 1. The number of thioether (sulfide) groups is 1. The lowest BCUT2D eigenvalue weighted by atomic mass is 9.70. The molecule has 1 amide bonds. The zero-order valence-corrected chi connectivity index (χ0v) is 52.7. The number of nitrogens with one attached hydrogen (secondary N) is 2. The van der Waals surface area contributed by atoms with Crippen LogP contribution in [0.2, 0.25) is 5.02 Å². The average molecular weight is 1260 g/mol. The van der Waals surface area contributed by atoms with Crippen LogP contribution in [0, 0.1) is 16.7 Å². The van der Waals surface area contributed by atoms with Gasteiger partial charge >= 0.3 is 13.3 Å². The van der Waals surface area contributed by atoms with Crippen LogP contribution in [-0.4, -0.2) is 130 Å². The van der Waals surface area contributed by atoms with Gasteiger partial charge in [0.05, 0.1) is 29.9 Å². The van der Waals surface area contributed by atoms with Crippen LogP contribution in [0.5, 0.6) is 0 Å². The number of benzene rings is 5. The number of hydrogen-bond acceptors (Lipinski definition) is 14. The number of alkyl halides is 3. The van der Waals surface area contributed by atoms with Gasteiger partial charge in [0.15, 0.2) is 5.79 Å². The van der Waals surface area contributed by atoms with Gasteiger partial charge < -0.3 is 34.4 Å². The quantitative estimate of drug-likeness (QED) is 0.0258. The zero-order chi connectivity index (χ0) is 61.5. The molecule has 460 valence electrons. The Morgan fingerprint density at radius 3 is 2.06 bits per heavy atom. The summed E-state index contributed by atoms with van der Waals surface area (Å²) in [5, 5.41) is 3.60. The van der Waals surface area contributed by atoms with E-state index in [-0.39, 0.29) is 17.5 Å². The van der Waals surface area contributed by atoms with Crippen LogP contribution in [-0.2, 0) is 38.4 Å². The van der Waals surface area contributed by atoms with Gasteiger partial charge in [0.1, 0.15) is 4.90 Å². The number of hydrogen-bond donors (Lipinski definition) is 4. The first-order valence-electron chi connectivity index (χ1n) is 28.0. The minimum absolute atomic E-state index is 0.0554. The lowest BCUT2D eigenvalue weighted by Crippen LogP contribution is -2.57. The molecule has 0 saturated carbocycles. The molecule has 2 heterocycles. The zero-order valence-electron chi connectivity index (χ0n) is 48.6. The molecular formula is C60H78ClF3N5O11PS3. The number of sulfone groups is 1. The molecule has 16 nitrogen and oxygen atoms in total. The maximum absolute atomic E-state index is 14.5. The number of piperidine rings is 1. The summed E-state index contributed by atoms with van der Waals surface area (Å²) < 4.78 is 132. The van der Waals surface area contributed by atoms with Crippen LogP contribution in [0.1, 0.15) is 96.7 Å². The van der Waals surface area contributed by atoms with Gasteiger partial charge in [-0.3, -0.25) is 14.2 Å². The SMILES string of the molecule is CCN(CC)CC1COCCN1CCC(CSc1ccccc1)Nc1ccc(S(=O)(=O)NC(=O)c2ccc(N3CCC(C(OC(OP(=O)(O)O)(C(C)(C)C)C(C)(C)C)c4ccccc4-c4ccc(Cl)cc4)CC3)cc2)cc1S(=O)(=O)C(F)(F)F. The van der Waals surface area contributed by atoms with E-state index in [2.05, 4.69) is 33.9 Å². The Labute approximate surface area is 502 Å².